The molecule has 3 rings (SSSR count). The van der Waals surface area contributed by atoms with Gasteiger partial charge in [-0.05, 0) is 37.0 Å². The molecular weight excluding hydrogens is 212 g/mol. The highest BCUT2D eigenvalue weighted by molar-refractivity contribution is 5.32. The van der Waals surface area contributed by atoms with E-state index in [1.165, 1.54) is 18.4 Å². The molecule has 2 atom stereocenters. The Kier molecular flexibility index (Phi) is 3.46. The van der Waals surface area contributed by atoms with E-state index >= 15 is 0 Å². The summed E-state index contributed by atoms with van der Waals surface area (Å²) >= 11 is 0. The molecular formula is C15H24O2. The minimum Gasteiger partial charge on any atom is -0.366 e. The Morgan fingerprint density at radius 3 is 2.41 bits per heavy atom. The molecule has 2 heteroatoms. The maximum atomic E-state index is 9.67. The molecule has 3 aliphatic carbocycles. The van der Waals surface area contributed by atoms with Crippen LogP contribution in [0, 0.1) is 11.3 Å². The summed E-state index contributed by atoms with van der Waals surface area (Å²) < 4.78 is 0. The lowest BCUT2D eigenvalue weighted by Crippen LogP contribution is -2.51. The fourth-order valence-corrected chi connectivity index (χ4v) is 3.64. The highest BCUT2D eigenvalue weighted by Crippen LogP contribution is 2.62. The summed E-state index contributed by atoms with van der Waals surface area (Å²) in [6.45, 7) is 4.00. The van der Waals surface area contributed by atoms with Gasteiger partial charge in [-0.1, -0.05) is 37.6 Å². The van der Waals surface area contributed by atoms with Crippen molar-refractivity contribution in [2.24, 2.45) is 11.3 Å². The molecule has 0 amide bonds. The SMILES string of the molecule is CC.OC1(O)CCC2(C3=CC=CC3)CCC2C1. The first-order chi connectivity index (χ1) is 8.12. The van der Waals surface area contributed by atoms with Gasteiger partial charge in [0, 0.05) is 12.8 Å². The van der Waals surface area contributed by atoms with Crippen molar-refractivity contribution in [2.75, 3.05) is 0 Å². The van der Waals surface area contributed by atoms with Crippen LogP contribution >= 0.6 is 0 Å². The molecule has 2 N–H and O–H groups in total. The molecule has 0 spiro atoms. The zero-order valence-corrected chi connectivity index (χ0v) is 10.9. The van der Waals surface area contributed by atoms with Gasteiger partial charge in [0.1, 0.15) is 0 Å². The van der Waals surface area contributed by atoms with E-state index in [-0.39, 0.29) is 0 Å². The number of allylic oxidation sites excluding steroid dienone is 4. The quantitative estimate of drug-likeness (QED) is 0.687. The smallest absolute Gasteiger partial charge is 0.162 e. The summed E-state index contributed by atoms with van der Waals surface area (Å²) in [5.74, 6) is -0.881. The fraction of sp³-hybridized carbons (Fsp3) is 0.733. The molecule has 0 bridgehead atoms. The Hall–Kier alpha value is -0.600. The van der Waals surface area contributed by atoms with Gasteiger partial charge in [-0.25, -0.2) is 0 Å². The first-order valence-corrected chi connectivity index (χ1v) is 6.93. The van der Waals surface area contributed by atoms with Gasteiger partial charge in [0.25, 0.3) is 0 Å². The van der Waals surface area contributed by atoms with Crippen LogP contribution in [0.4, 0.5) is 0 Å². The lowest BCUT2D eigenvalue weighted by atomic mass is 9.49. The predicted octanol–water partition coefficient (Wildman–Crippen LogP) is 3.16. The molecule has 0 saturated heterocycles. The van der Waals surface area contributed by atoms with Gasteiger partial charge in [-0.3, -0.25) is 0 Å². The molecule has 2 nitrogen and oxygen atoms in total. The second kappa shape index (κ2) is 4.58. The minimum absolute atomic E-state index is 0.332. The third-order valence-corrected chi connectivity index (χ3v) is 4.68. The molecule has 0 heterocycles. The third-order valence-electron chi connectivity index (χ3n) is 4.68. The van der Waals surface area contributed by atoms with E-state index in [0.29, 0.717) is 24.2 Å². The van der Waals surface area contributed by atoms with Crippen LogP contribution in [-0.4, -0.2) is 16.0 Å². The van der Waals surface area contributed by atoms with Crippen molar-refractivity contribution in [3.8, 4) is 0 Å². The van der Waals surface area contributed by atoms with E-state index in [1.54, 1.807) is 0 Å². The largest absolute Gasteiger partial charge is 0.366 e. The summed E-state index contributed by atoms with van der Waals surface area (Å²) in [5.41, 5.74) is 1.87. The van der Waals surface area contributed by atoms with Crippen LogP contribution in [0.5, 0.6) is 0 Å². The lowest BCUT2D eigenvalue weighted by Gasteiger charge is -2.56. The van der Waals surface area contributed by atoms with E-state index in [4.69, 9.17) is 0 Å². The number of rotatable bonds is 1. The first-order valence-electron chi connectivity index (χ1n) is 6.93. The van der Waals surface area contributed by atoms with Gasteiger partial charge in [-0.15, -0.1) is 0 Å². The van der Waals surface area contributed by atoms with E-state index in [2.05, 4.69) is 18.2 Å². The van der Waals surface area contributed by atoms with Gasteiger partial charge in [0.15, 0.2) is 5.79 Å². The van der Waals surface area contributed by atoms with Gasteiger partial charge in [0.05, 0.1) is 0 Å². The number of aliphatic hydroxyl groups is 2. The van der Waals surface area contributed by atoms with E-state index in [0.717, 1.165) is 12.8 Å². The summed E-state index contributed by atoms with van der Waals surface area (Å²) in [6, 6.07) is 0. The van der Waals surface area contributed by atoms with Crippen LogP contribution in [0.1, 0.15) is 52.4 Å². The van der Waals surface area contributed by atoms with Gasteiger partial charge >= 0.3 is 0 Å². The molecule has 96 valence electrons. The zero-order valence-electron chi connectivity index (χ0n) is 10.9. The van der Waals surface area contributed by atoms with Crippen molar-refractivity contribution in [1.82, 2.24) is 0 Å². The normalized spacial score (nSPS) is 37.4. The average molecular weight is 236 g/mol. The van der Waals surface area contributed by atoms with Gasteiger partial charge < -0.3 is 10.2 Å². The lowest BCUT2D eigenvalue weighted by molar-refractivity contribution is -0.223. The van der Waals surface area contributed by atoms with E-state index in [9.17, 15) is 10.2 Å². The van der Waals surface area contributed by atoms with Gasteiger partial charge in [0.2, 0.25) is 0 Å². The molecule has 0 aromatic heterocycles. The van der Waals surface area contributed by atoms with Crippen molar-refractivity contribution in [1.29, 1.82) is 0 Å². The Morgan fingerprint density at radius 2 is 1.94 bits per heavy atom. The highest BCUT2D eigenvalue weighted by Gasteiger charge is 2.54. The average Bonchev–Trinajstić information content (AvgIpc) is 2.81. The van der Waals surface area contributed by atoms with Crippen LogP contribution in [0.2, 0.25) is 0 Å². The first kappa shape index (κ1) is 12.8. The predicted molar refractivity (Wildman–Crippen MR) is 69.4 cm³/mol. The molecule has 2 fully saturated rings. The number of hydrogen-bond donors (Lipinski definition) is 2. The van der Waals surface area contributed by atoms with Crippen LogP contribution in [0.25, 0.3) is 0 Å². The topological polar surface area (TPSA) is 40.5 Å². The van der Waals surface area contributed by atoms with Crippen molar-refractivity contribution >= 4 is 0 Å². The molecule has 0 aliphatic heterocycles. The van der Waals surface area contributed by atoms with E-state index in [1.807, 2.05) is 13.8 Å². The van der Waals surface area contributed by atoms with Crippen LogP contribution in [0.15, 0.2) is 23.8 Å². The number of hydrogen-bond acceptors (Lipinski definition) is 2. The second-order valence-corrected chi connectivity index (χ2v) is 5.40. The second-order valence-electron chi connectivity index (χ2n) is 5.40. The molecule has 3 aliphatic rings. The highest BCUT2D eigenvalue weighted by atomic mass is 16.5. The fourth-order valence-electron chi connectivity index (χ4n) is 3.64. The van der Waals surface area contributed by atoms with E-state index < -0.39 is 5.79 Å². The zero-order chi connectivity index (χ0) is 12.5. The van der Waals surface area contributed by atoms with Gasteiger partial charge in [-0.2, -0.15) is 0 Å². The standard InChI is InChI=1S/C13H18O2.C2H6/c14-13(15)8-7-12(6-5-11(12)9-13)10-3-1-2-4-10;1-2/h1-3,11,14-15H,4-9H2;1-2H3. The third kappa shape index (κ3) is 2.09. The van der Waals surface area contributed by atoms with Crippen molar-refractivity contribution in [3.63, 3.8) is 0 Å². The monoisotopic (exact) mass is 236 g/mol. The molecule has 0 aromatic rings. The Bertz CT molecular complexity index is 341. The minimum atomic E-state index is -1.39. The van der Waals surface area contributed by atoms with Crippen molar-refractivity contribution in [2.45, 2.75) is 58.2 Å². The maximum absolute atomic E-state index is 9.67. The molecule has 2 saturated carbocycles. The summed E-state index contributed by atoms with van der Waals surface area (Å²) in [6.07, 6.45) is 12.2. The Labute approximate surface area is 104 Å². The van der Waals surface area contributed by atoms with Crippen molar-refractivity contribution in [3.05, 3.63) is 23.8 Å². The Morgan fingerprint density at radius 1 is 1.18 bits per heavy atom. The van der Waals surface area contributed by atoms with Crippen LogP contribution in [-0.2, 0) is 0 Å². The van der Waals surface area contributed by atoms with Crippen LogP contribution in [0.3, 0.4) is 0 Å². The maximum Gasteiger partial charge on any atom is 0.162 e. The molecule has 0 aromatic carbocycles. The molecule has 2 unspecified atom stereocenters. The summed E-state index contributed by atoms with van der Waals surface area (Å²) in [4.78, 5) is 0. The Balaban J connectivity index is 0.000000514. The van der Waals surface area contributed by atoms with Crippen molar-refractivity contribution < 1.29 is 10.2 Å². The molecule has 0 radical (unpaired) electrons. The molecule has 17 heavy (non-hydrogen) atoms. The number of fused-ring (bicyclic) bond motifs is 1. The summed E-state index contributed by atoms with van der Waals surface area (Å²) in [7, 11) is 0. The summed E-state index contributed by atoms with van der Waals surface area (Å²) in [5, 5.41) is 19.3. The van der Waals surface area contributed by atoms with Crippen LogP contribution < -0.4 is 0 Å².